The molecule has 1 amide bonds. The molecule has 0 saturated carbocycles. The van der Waals surface area contributed by atoms with Crippen LogP contribution in [0.2, 0.25) is 0 Å². The van der Waals surface area contributed by atoms with Crippen LogP contribution in [0.15, 0.2) is 24.3 Å². The fourth-order valence-electron chi connectivity index (χ4n) is 1.70. The lowest BCUT2D eigenvalue weighted by Gasteiger charge is -2.07. The Labute approximate surface area is 118 Å². The SMILES string of the molecule is CCCCCOCC(=O)Nc1ccc(CC(=O)O)cc1. The van der Waals surface area contributed by atoms with Gasteiger partial charge in [-0.25, -0.2) is 0 Å². The summed E-state index contributed by atoms with van der Waals surface area (Å²) in [6, 6.07) is 6.75. The van der Waals surface area contributed by atoms with Gasteiger partial charge in [-0.2, -0.15) is 0 Å². The minimum Gasteiger partial charge on any atom is -0.481 e. The molecule has 0 bridgehead atoms. The Morgan fingerprint density at radius 3 is 2.50 bits per heavy atom. The number of ether oxygens (including phenoxy) is 1. The van der Waals surface area contributed by atoms with E-state index in [1.165, 1.54) is 0 Å². The van der Waals surface area contributed by atoms with Crippen LogP contribution >= 0.6 is 0 Å². The zero-order valence-electron chi connectivity index (χ0n) is 11.7. The summed E-state index contributed by atoms with van der Waals surface area (Å²) in [5.41, 5.74) is 1.34. The van der Waals surface area contributed by atoms with E-state index < -0.39 is 5.97 Å². The number of amides is 1. The monoisotopic (exact) mass is 279 g/mol. The van der Waals surface area contributed by atoms with Crippen molar-refractivity contribution in [3.05, 3.63) is 29.8 Å². The molecule has 0 saturated heterocycles. The lowest BCUT2D eigenvalue weighted by atomic mass is 10.1. The first-order valence-electron chi connectivity index (χ1n) is 6.80. The van der Waals surface area contributed by atoms with Gasteiger partial charge in [-0.1, -0.05) is 31.9 Å². The third-order valence-corrected chi connectivity index (χ3v) is 2.72. The van der Waals surface area contributed by atoms with Gasteiger partial charge < -0.3 is 15.2 Å². The highest BCUT2D eigenvalue weighted by Gasteiger charge is 2.04. The Bertz CT molecular complexity index is 428. The molecule has 0 fully saturated rings. The summed E-state index contributed by atoms with van der Waals surface area (Å²) in [7, 11) is 0. The molecule has 0 atom stereocenters. The van der Waals surface area contributed by atoms with E-state index in [1.54, 1.807) is 24.3 Å². The van der Waals surface area contributed by atoms with Crippen molar-refractivity contribution in [1.82, 2.24) is 0 Å². The standard InChI is InChI=1S/C15H21NO4/c1-2-3-4-9-20-11-14(17)16-13-7-5-12(6-8-13)10-15(18)19/h5-8H,2-4,9-11H2,1H3,(H,16,17)(H,18,19). The van der Waals surface area contributed by atoms with E-state index in [0.717, 1.165) is 19.3 Å². The molecular weight excluding hydrogens is 258 g/mol. The second kappa shape index (κ2) is 9.09. The molecule has 0 unspecified atom stereocenters. The first-order valence-corrected chi connectivity index (χ1v) is 6.80. The summed E-state index contributed by atoms with van der Waals surface area (Å²) in [6.45, 7) is 2.75. The summed E-state index contributed by atoms with van der Waals surface area (Å²) in [4.78, 5) is 22.1. The molecular formula is C15H21NO4. The molecule has 0 aliphatic carbocycles. The molecule has 0 spiro atoms. The molecule has 1 aromatic carbocycles. The van der Waals surface area contributed by atoms with Crippen LogP contribution in [-0.4, -0.2) is 30.2 Å². The maximum absolute atomic E-state index is 11.6. The smallest absolute Gasteiger partial charge is 0.307 e. The molecule has 0 aromatic heterocycles. The molecule has 1 rings (SSSR count). The molecule has 0 radical (unpaired) electrons. The van der Waals surface area contributed by atoms with Gasteiger partial charge in [-0.05, 0) is 24.1 Å². The van der Waals surface area contributed by atoms with Gasteiger partial charge in [0.15, 0.2) is 0 Å². The molecule has 0 aliphatic rings. The molecule has 5 nitrogen and oxygen atoms in total. The minimum absolute atomic E-state index is 0.0191. The number of hydrogen-bond acceptors (Lipinski definition) is 3. The molecule has 2 N–H and O–H groups in total. The summed E-state index contributed by atoms with van der Waals surface area (Å²) >= 11 is 0. The van der Waals surface area contributed by atoms with Gasteiger partial charge >= 0.3 is 5.97 Å². The quantitative estimate of drug-likeness (QED) is 0.681. The van der Waals surface area contributed by atoms with Crippen molar-refractivity contribution in [2.24, 2.45) is 0 Å². The molecule has 1 aromatic rings. The van der Waals surface area contributed by atoms with Crippen LogP contribution in [0.3, 0.4) is 0 Å². The summed E-state index contributed by atoms with van der Waals surface area (Å²) in [5, 5.41) is 11.4. The van der Waals surface area contributed by atoms with E-state index in [9.17, 15) is 9.59 Å². The van der Waals surface area contributed by atoms with Gasteiger partial charge in [0.05, 0.1) is 6.42 Å². The zero-order valence-corrected chi connectivity index (χ0v) is 11.7. The Kier molecular flexibility index (Phi) is 7.35. The predicted molar refractivity (Wildman–Crippen MR) is 76.8 cm³/mol. The van der Waals surface area contributed by atoms with E-state index in [1.807, 2.05) is 0 Å². The van der Waals surface area contributed by atoms with Gasteiger partial charge in [0.2, 0.25) is 5.91 Å². The summed E-state index contributed by atoms with van der Waals surface area (Å²) in [5.74, 6) is -1.07. The number of carbonyl (C=O) groups excluding carboxylic acids is 1. The maximum Gasteiger partial charge on any atom is 0.307 e. The molecule has 110 valence electrons. The van der Waals surface area contributed by atoms with Crippen molar-refractivity contribution in [2.75, 3.05) is 18.5 Å². The first-order chi connectivity index (χ1) is 9.61. The molecule has 0 aliphatic heterocycles. The Morgan fingerprint density at radius 1 is 1.20 bits per heavy atom. The van der Waals surface area contributed by atoms with Crippen LogP contribution in [-0.2, 0) is 20.7 Å². The highest BCUT2D eigenvalue weighted by Crippen LogP contribution is 2.10. The van der Waals surface area contributed by atoms with E-state index in [4.69, 9.17) is 9.84 Å². The molecule has 20 heavy (non-hydrogen) atoms. The van der Waals surface area contributed by atoms with Crippen molar-refractivity contribution in [2.45, 2.75) is 32.6 Å². The fraction of sp³-hybridized carbons (Fsp3) is 0.467. The average molecular weight is 279 g/mol. The first kappa shape index (κ1) is 16.2. The number of benzene rings is 1. The van der Waals surface area contributed by atoms with Gasteiger partial charge in [-0.3, -0.25) is 9.59 Å². The minimum atomic E-state index is -0.873. The van der Waals surface area contributed by atoms with Crippen LogP contribution in [0.1, 0.15) is 31.7 Å². The van der Waals surface area contributed by atoms with Crippen molar-refractivity contribution in [3.63, 3.8) is 0 Å². The number of nitrogens with one attached hydrogen (secondary N) is 1. The Morgan fingerprint density at radius 2 is 1.90 bits per heavy atom. The average Bonchev–Trinajstić information content (AvgIpc) is 2.40. The Hall–Kier alpha value is -1.88. The fourth-order valence-corrected chi connectivity index (χ4v) is 1.70. The maximum atomic E-state index is 11.6. The number of carbonyl (C=O) groups is 2. The molecule has 0 heterocycles. The van der Waals surface area contributed by atoms with Crippen molar-refractivity contribution in [3.8, 4) is 0 Å². The number of rotatable bonds is 9. The third-order valence-electron chi connectivity index (χ3n) is 2.72. The number of carboxylic acid groups (broad SMARTS) is 1. The van der Waals surface area contributed by atoms with Gasteiger partial charge in [0.25, 0.3) is 0 Å². The van der Waals surface area contributed by atoms with Gasteiger partial charge in [0.1, 0.15) is 6.61 Å². The zero-order chi connectivity index (χ0) is 14.8. The lowest BCUT2D eigenvalue weighted by molar-refractivity contribution is -0.136. The third kappa shape index (κ3) is 6.89. The number of hydrogen-bond donors (Lipinski definition) is 2. The van der Waals surface area contributed by atoms with E-state index in [0.29, 0.717) is 17.9 Å². The second-order valence-corrected chi connectivity index (χ2v) is 4.58. The second-order valence-electron chi connectivity index (χ2n) is 4.58. The number of anilines is 1. The summed E-state index contributed by atoms with van der Waals surface area (Å²) < 4.78 is 5.26. The highest BCUT2D eigenvalue weighted by molar-refractivity contribution is 5.91. The van der Waals surface area contributed by atoms with Crippen LogP contribution in [0.4, 0.5) is 5.69 Å². The van der Waals surface area contributed by atoms with E-state index >= 15 is 0 Å². The summed E-state index contributed by atoms with van der Waals surface area (Å²) in [6.07, 6.45) is 3.17. The van der Waals surface area contributed by atoms with Crippen LogP contribution < -0.4 is 5.32 Å². The van der Waals surface area contributed by atoms with Crippen molar-refractivity contribution < 1.29 is 19.4 Å². The predicted octanol–water partition coefficient (Wildman–Crippen LogP) is 2.46. The van der Waals surface area contributed by atoms with Crippen LogP contribution in [0.25, 0.3) is 0 Å². The Balaban J connectivity index is 2.29. The largest absolute Gasteiger partial charge is 0.481 e. The van der Waals surface area contributed by atoms with Gasteiger partial charge in [-0.15, -0.1) is 0 Å². The topological polar surface area (TPSA) is 75.6 Å². The molecule has 5 heteroatoms. The lowest BCUT2D eigenvalue weighted by Crippen LogP contribution is -2.18. The van der Waals surface area contributed by atoms with E-state index in [2.05, 4.69) is 12.2 Å². The van der Waals surface area contributed by atoms with Gasteiger partial charge in [0, 0.05) is 12.3 Å². The number of aliphatic carboxylic acids is 1. The number of carboxylic acids is 1. The normalized spacial score (nSPS) is 10.2. The van der Waals surface area contributed by atoms with Crippen molar-refractivity contribution in [1.29, 1.82) is 0 Å². The van der Waals surface area contributed by atoms with E-state index in [-0.39, 0.29) is 18.9 Å². The highest BCUT2D eigenvalue weighted by atomic mass is 16.5. The van der Waals surface area contributed by atoms with Crippen LogP contribution in [0, 0.1) is 0 Å². The number of unbranched alkanes of at least 4 members (excludes halogenated alkanes) is 2. The van der Waals surface area contributed by atoms with Crippen molar-refractivity contribution >= 4 is 17.6 Å². The van der Waals surface area contributed by atoms with Crippen LogP contribution in [0.5, 0.6) is 0 Å².